The molecule has 0 fully saturated rings. The molecule has 0 bridgehead atoms. The molecular formula is C25H28N2O7S. The molecule has 1 aliphatic rings. The van der Waals surface area contributed by atoms with Crippen molar-refractivity contribution in [2.24, 2.45) is 0 Å². The van der Waals surface area contributed by atoms with Crippen LogP contribution in [0.5, 0.6) is 11.5 Å². The van der Waals surface area contributed by atoms with Gasteiger partial charge in [-0.15, -0.1) is 0 Å². The van der Waals surface area contributed by atoms with Gasteiger partial charge in [-0.3, -0.25) is 4.79 Å². The number of benzene rings is 2. The van der Waals surface area contributed by atoms with Crippen LogP contribution in [0.2, 0.25) is 0 Å². The van der Waals surface area contributed by atoms with Crippen LogP contribution in [0.15, 0.2) is 70.2 Å². The van der Waals surface area contributed by atoms with Gasteiger partial charge in [-0.05, 0) is 48.9 Å². The summed E-state index contributed by atoms with van der Waals surface area (Å²) in [7, 11) is -2.43. The monoisotopic (exact) mass is 500 g/mol. The summed E-state index contributed by atoms with van der Waals surface area (Å²) in [6.45, 7) is 2.30. The highest BCUT2D eigenvalue weighted by Gasteiger charge is 2.29. The largest absolute Gasteiger partial charge is 0.467 e. The first-order valence-electron chi connectivity index (χ1n) is 11.1. The number of aryl methyl sites for hydroxylation is 1. The third kappa shape index (κ3) is 6.02. The van der Waals surface area contributed by atoms with Gasteiger partial charge in [0.05, 0.1) is 30.9 Å². The molecule has 3 aromatic rings. The number of hydrogen-bond acceptors (Lipinski definition) is 7. The fraction of sp³-hybridized carbons (Fsp3) is 0.320. The molecule has 0 aliphatic carbocycles. The van der Waals surface area contributed by atoms with E-state index in [0.717, 1.165) is 15.4 Å². The van der Waals surface area contributed by atoms with Crippen LogP contribution in [-0.4, -0.2) is 57.1 Å². The van der Waals surface area contributed by atoms with Crippen LogP contribution < -0.4 is 9.47 Å². The quantitative estimate of drug-likeness (QED) is 0.399. The highest BCUT2D eigenvalue weighted by molar-refractivity contribution is 7.89. The van der Waals surface area contributed by atoms with Gasteiger partial charge in [0.25, 0.3) is 0 Å². The molecule has 1 aliphatic heterocycles. The molecule has 1 amide bonds. The molecule has 35 heavy (non-hydrogen) atoms. The zero-order valence-electron chi connectivity index (χ0n) is 19.7. The molecule has 186 valence electrons. The van der Waals surface area contributed by atoms with Gasteiger partial charge in [0.1, 0.15) is 5.76 Å². The lowest BCUT2D eigenvalue weighted by molar-refractivity contribution is -0.133. The van der Waals surface area contributed by atoms with Gasteiger partial charge in [-0.1, -0.05) is 23.8 Å². The second kappa shape index (κ2) is 10.9. The molecule has 2 aromatic carbocycles. The summed E-state index contributed by atoms with van der Waals surface area (Å²) in [6.07, 6.45) is 1.53. The Morgan fingerprint density at radius 2 is 1.80 bits per heavy atom. The minimum absolute atomic E-state index is 0.0388. The van der Waals surface area contributed by atoms with E-state index in [1.165, 1.54) is 13.4 Å². The maximum atomic E-state index is 13.5. The Kier molecular flexibility index (Phi) is 7.74. The zero-order chi connectivity index (χ0) is 24.8. The van der Waals surface area contributed by atoms with Crippen LogP contribution in [0, 0.1) is 6.92 Å². The number of carbonyl (C=O) groups is 1. The Balaban J connectivity index is 1.57. The van der Waals surface area contributed by atoms with Crippen molar-refractivity contribution >= 4 is 15.9 Å². The Morgan fingerprint density at radius 3 is 2.51 bits per heavy atom. The highest BCUT2D eigenvalue weighted by atomic mass is 32.2. The van der Waals surface area contributed by atoms with Gasteiger partial charge in [-0.2, -0.15) is 4.31 Å². The summed E-state index contributed by atoms with van der Waals surface area (Å²) < 4.78 is 49.3. The maximum Gasteiger partial charge on any atom is 0.243 e. The first kappa shape index (κ1) is 24.8. The number of hydrogen-bond donors (Lipinski definition) is 0. The van der Waals surface area contributed by atoms with Gasteiger partial charge in [0.2, 0.25) is 22.7 Å². The molecule has 0 radical (unpaired) electrons. The molecule has 1 aromatic heterocycles. The number of sulfonamides is 1. The summed E-state index contributed by atoms with van der Waals surface area (Å²) in [4.78, 5) is 15.2. The second-order valence-corrected chi connectivity index (χ2v) is 10.1. The molecule has 10 heteroatoms. The van der Waals surface area contributed by atoms with Crippen molar-refractivity contribution in [1.29, 1.82) is 0 Å². The number of fused-ring (bicyclic) bond motifs is 1. The molecule has 0 saturated heterocycles. The molecule has 4 rings (SSSR count). The topological polar surface area (TPSA) is 98.5 Å². The minimum atomic E-state index is -3.92. The smallest absolute Gasteiger partial charge is 0.243 e. The molecule has 9 nitrogen and oxygen atoms in total. The van der Waals surface area contributed by atoms with Crippen molar-refractivity contribution in [2.45, 2.75) is 24.9 Å². The summed E-state index contributed by atoms with van der Waals surface area (Å²) in [5.74, 6) is 1.47. The van der Waals surface area contributed by atoms with Crippen LogP contribution >= 0.6 is 0 Å². The predicted molar refractivity (Wildman–Crippen MR) is 127 cm³/mol. The van der Waals surface area contributed by atoms with Gasteiger partial charge in [0.15, 0.2) is 11.5 Å². The third-order valence-electron chi connectivity index (χ3n) is 5.61. The molecule has 0 N–H and O–H groups in total. The molecule has 0 spiro atoms. The van der Waals surface area contributed by atoms with Gasteiger partial charge < -0.3 is 23.5 Å². The first-order valence-corrected chi connectivity index (χ1v) is 12.6. The summed E-state index contributed by atoms with van der Waals surface area (Å²) in [5.41, 5.74) is 1.76. The number of furan rings is 1. The summed E-state index contributed by atoms with van der Waals surface area (Å²) in [6, 6.07) is 15.5. The lowest BCUT2D eigenvalue weighted by Gasteiger charge is -2.27. The first-order chi connectivity index (χ1) is 16.9. The van der Waals surface area contributed by atoms with Crippen LogP contribution in [-0.2, 0) is 32.6 Å². The van der Waals surface area contributed by atoms with Gasteiger partial charge in [-0.25, -0.2) is 8.42 Å². The zero-order valence-corrected chi connectivity index (χ0v) is 20.5. The second-order valence-electron chi connectivity index (χ2n) is 8.16. The number of rotatable bonds is 11. The normalized spacial score (nSPS) is 12.8. The average Bonchev–Trinajstić information content (AvgIpc) is 3.53. The predicted octanol–water partition coefficient (Wildman–Crippen LogP) is 3.18. The van der Waals surface area contributed by atoms with E-state index in [4.69, 9.17) is 18.6 Å². The fourth-order valence-corrected chi connectivity index (χ4v) is 5.04. The van der Waals surface area contributed by atoms with Gasteiger partial charge >= 0.3 is 0 Å². The van der Waals surface area contributed by atoms with Crippen molar-refractivity contribution in [3.05, 3.63) is 77.7 Å². The van der Waals surface area contributed by atoms with Crippen LogP contribution in [0.3, 0.4) is 0 Å². The van der Waals surface area contributed by atoms with Crippen molar-refractivity contribution in [3.8, 4) is 11.5 Å². The van der Waals surface area contributed by atoms with E-state index in [0.29, 0.717) is 17.3 Å². The Morgan fingerprint density at radius 1 is 1.03 bits per heavy atom. The van der Waals surface area contributed by atoms with E-state index in [9.17, 15) is 13.2 Å². The van der Waals surface area contributed by atoms with E-state index < -0.39 is 10.0 Å². The minimum Gasteiger partial charge on any atom is -0.467 e. The van der Waals surface area contributed by atoms with E-state index in [2.05, 4.69) is 0 Å². The van der Waals surface area contributed by atoms with E-state index in [-0.39, 0.29) is 50.4 Å². The number of methoxy groups -OCH3 is 1. The van der Waals surface area contributed by atoms with E-state index >= 15 is 0 Å². The van der Waals surface area contributed by atoms with Crippen molar-refractivity contribution in [3.63, 3.8) is 0 Å². The van der Waals surface area contributed by atoms with E-state index in [1.54, 1.807) is 47.4 Å². The average molecular weight is 501 g/mol. The van der Waals surface area contributed by atoms with Crippen molar-refractivity contribution < 1.29 is 31.8 Å². The summed E-state index contributed by atoms with van der Waals surface area (Å²) in [5, 5.41) is 0. The lowest BCUT2D eigenvalue weighted by Crippen LogP contribution is -2.43. The van der Waals surface area contributed by atoms with Crippen LogP contribution in [0.25, 0.3) is 0 Å². The SMILES string of the molecule is COCCN(CC(=O)N(Cc1ccc2c(c1)OCO2)Cc1ccco1)S(=O)(=O)c1ccc(C)cc1. The Bertz CT molecular complexity index is 1240. The standard InChI is InChI=1S/C25H28N2O7S/c1-19-5-8-22(9-6-19)35(29,30)27(11-13-31-2)17-25(28)26(16-21-4-3-12-32-21)15-20-7-10-23-24(14-20)34-18-33-23/h3-10,12,14H,11,13,15-18H2,1-2H3. The highest BCUT2D eigenvalue weighted by Crippen LogP contribution is 2.33. The number of carbonyl (C=O) groups excluding carboxylic acids is 1. The molecular weight excluding hydrogens is 472 g/mol. The van der Waals surface area contributed by atoms with Gasteiger partial charge in [0, 0.05) is 20.2 Å². The number of amides is 1. The Labute approximate surface area is 204 Å². The number of nitrogens with zero attached hydrogens (tertiary/aromatic N) is 2. The summed E-state index contributed by atoms with van der Waals surface area (Å²) >= 11 is 0. The maximum absolute atomic E-state index is 13.5. The van der Waals surface area contributed by atoms with Crippen molar-refractivity contribution in [2.75, 3.05) is 33.6 Å². The van der Waals surface area contributed by atoms with Crippen LogP contribution in [0.4, 0.5) is 0 Å². The van der Waals surface area contributed by atoms with Crippen LogP contribution in [0.1, 0.15) is 16.9 Å². The Hall–Kier alpha value is -3.34. The fourth-order valence-electron chi connectivity index (χ4n) is 3.67. The number of ether oxygens (including phenoxy) is 3. The lowest BCUT2D eigenvalue weighted by atomic mass is 10.2. The van der Waals surface area contributed by atoms with Crippen molar-refractivity contribution in [1.82, 2.24) is 9.21 Å². The van der Waals surface area contributed by atoms with E-state index in [1.807, 2.05) is 19.1 Å². The molecule has 0 unspecified atom stereocenters. The molecule has 0 saturated carbocycles. The molecule has 0 atom stereocenters. The molecule has 2 heterocycles. The third-order valence-corrected chi connectivity index (χ3v) is 7.46.